The van der Waals surface area contributed by atoms with E-state index in [2.05, 4.69) is 5.32 Å². The number of rotatable bonds is 9. The van der Waals surface area contributed by atoms with Crippen molar-refractivity contribution in [1.82, 2.24) is 9.88 Å². The molecule has 0 unspecified atom stereocenters. The van der Waals surface area contributed by atoms with Crippen LogP contribution in [0.4, 0.5) is 0 Å². The Morgan fingerprint density at radius 1 is 1.07 bits per heavy atom. The van der Waals surface area contributed by atoms with E-state index >= 15 is 0 Å². The molecule has 0 saturated carbocycles. The third-order valence-electron chi connectivity index (χ3n) is 5.26. The maximum atomic E-state index is 11.9. The molecule has 0 atom stereocenters. The van der Waals surface area contributed by atoms with Gasteiger partial charge in [-0.05, 0) is 50.1 Å². The van der Waals surface area contributed by atoms with Crippen LogP contribution in [-0.4, -0.2) is 17.1 Å². The summed E-state index contributed by atoms with van der Waals surface area (Å²) in [6, 6.07) is 15.4. The lowest BCUT2D eigenvalue weighted by Gasteiger charge is -2.12. The average molecular weight is 426 g/mol. The number of nitrogens with zero attached hydrogens (tertiary/aromatic N) is 1. The van der Waals surface area contributed by atoms with Gasteiger partial charge < -0.3 is 24.5 Å². The van der Waals surface area contributed by atoms with Crippen molar-refractivity contribution in [2.45, 2.75) is 40.4 Å². The van der Waals surface area contributed by atoms with Crippen LogP contribution in [0.5, 0.6) is 5.75 Å². The summed E-state index contributed by atoms with van der Waals surface area (Å²) in [6.07, 6.45) is 0. The van der Waals surface area contributed by atoms with Crippen LogP contribution in [0.2, 0.25) is 5.02 Å². The van der Waals surface area contributed by atoms with Crippen molar-refractivity contribution in [2.75, 3.05) is 6.61 Å². The number of halogens is 1. The summed E-state index contributed by atoms with van der Waals surface area (Å²) in [6.45, 7) is 7.88. The number of carboxylic acids is 1. The number of para-hydroxylation sites is 1. The molecule has 1 heterocycles. The zero-order valence-corrected chi connectivity index (χ0v) is 18.3. The van der Waals surface area contributed by atoms with Gasteiger partial charge in [0.25, 0.3) is 0 Å². The fraction of sp³-hybridized carbons (Fsp3) is 0.292. The Morgan fingerprint density at radius 3 is 2.43 bits per heavy atom. The van der Waals surface area contributed by atoms with E-state index in [0.717, 1.165) is 28.1 Å². The average Bonchev–Trinajstić information content (AvgIpc) is 2.95. The van der Waals surface area contributed by atoms with E-state index in [1.54, 1.807) is 0 Å². The van der Waals surface area contributed by atoms with Gasteiger partial charge in [-0.2, -0.15) is 0 Å². The third kappa shape index (κ3) is 4.86. The molecule has 1 aromatic heterocycles. The summed E-state index contributed by atoms with van der Waals surface area (Å²) < 4.78 is 7.68. The van der Waals surface area contributed by atoms with Gasteiger partial charge in [0.2, 0.25) is 0 Å². The molecule has 1 N–H and O–H groups in total. The molecule has 3 aromatic rings. The first kappa shape index (κ1) is 21.9. The zero-order chi connectivity index (χ0) is 21.7. The van der Waals surface area contributed by atoms with Gasteiger partial charge in [-0.25, -0.2) is 0 Å². The highest BCUT2D eigenvalue weighted by molar-refractivity contribution is 6.30. The molecule has 6 heteroatoms. The molecule has 0 bridgehead atoms. The van der Waals surface area contributed by atoms with Crippen LogP contribution in [0.15, 0.2) is 48.5 Å². The number of nitrogens with one attached hydrogen (secondary N) is 1. The van der Waals surface area contributed by atoms with Crippen LogP contribution in [0.25, 0.3) is 0 Å². The highest BCUT2D eigenvalue weighted by Crippen LogP contribution is 2.24. The monoisotopic (exact) mass is 425 g/mol. The van der Waals surface area contributed by atoms with Crippen molar-refractivity contribution >= 4 is 17.6 Å². The molecule has 0 fully saturated rings. The second kappa shape index (κ2) is 9.83. The van der Waals surface area contributed by atoms with Crippen LogP contribution in [0, 0.1) is 13.8 Å². The van der Waals surface area contributed by atoms with E-state index in [1.165, 1.54) is 0 Å². The Labute approximate surface area is 182 Å². The Hall–Kier alpha value is -2.76. The number of hydrogen-bond donors (Lipinski definition) is 1. The second-order valence-corrected chi connectivity index (χ2v) is 7.61. The topological polar surface area (TPSA) is 66.3 Å². The highest BCUT2D eigenvalue weighted by Gasteiger charge is 2.18. The van der Waals surface area contributed by atoms with E-state index in [1.807, 2.05) is 73.9 Å². The minimum atomic E-state index is -1.16. The molecule has 30 heavy (non-hydrogen) atoms. The SMILES string of the molecule is CCOc1ccccc1CNCc1c(C(=O)[O-])c(C)n(Cc2ccc(Cl)cc2)c1C. The number of carbonyl (C=O) groups is 1. The van der Waals surface area contributed by atoms with Gasteiger partial charge >= 0.3 is 0 Å². The highest BCUT2D eigenvalue weighted by atomic mass is 35.5. The molecule has 0 aliphatic rings. The first-order valence-corrected chi connectivity index (χ1v) is 10.4. The van der Waals surface area contributed by atoms with E-state index < -0.39 is 5.97 Å². The van der Waals surface area contributed by atoms with Crippen LogP contribution >= 0.6 is 11.6 Å². The van der Waals surface area contributed by atoms with Crippen LogP contribution in [0.3, 0.4) is 0 Å². The van der Waals surface area contributed by atoms with Crippen LogP contribution in [-0.2, 0) is 19.6 Å². The second-order valence-electron chi connectivity index (χ2n) is 7.17. The van der Waals surface area contributed by atoms with Crippen molar-refractivity contribution < 1.29 is 14.6 Å². The Kier molecular flexibility index (Phi) is 7.19. The predicted octanol–water partition coefficient (Wildman–Crippen LogP) is 3.86. The molecular formula is C24H26ClN2O3-. The third-order valence-corrected chi connectivity index (χ3v) is 5.51. The Morgan fingerprint density at radius 2 is 1.77 bits per heavy atom. The lowest BCUT2D eigenvalue weighted by Crippen LogP contribution is -2.25. The number of carboxylic acid groups (broad SMARTS) is 1. The fourth-order valence-corrected chi connectivity index (χ4v) is 3.84. The Bertz CT molecular complexity index is 1030. The standard InChI is InChI=1S/C24H27ClN2O3/c1-4-30-22-8-6-5-7-19(22)13-26-14-21-16(2)27(17(3)23(21)24(28)29)15-18-9-11-20(25)12-10-18/h5-12,26H,4,13-15H2,1-3H3,(H,28,29)/p-1. The maximum absolute atomic E-state index is 11.9. The molecule has 158 valence electrons. The summed E-state index contributed by atoms with van der Waals surface area (Å²) in [5.41, 5.74) is 4.68. The minimum Gasteiger partial charge on any atom is -0.545 e. The van der Waals surface area contributed by atoms with Gasteiger partial charge in [0.15, 0.2) is 0 Å². The lowest BCUT2D eigenvalue weighted by molar-refractivity contribution is -0.255. The van der Waals surface area contributed by atoms with E-state index in [9.17, 15) is 9.90 Å². The molecule has 0 aliphatic heterocycles. The van der Waals surface area contributed by atoms with Crippen molar-refractivity contribution in [2.24, 2.45) is 0 Å². The van der Waals surface area contributed by atoms with Crippen LogP contribution in [0.1, 0.15) is 45.4 Å². The predicted molar refractivity (Wildman–Crippen MR) is 117 cm³/mol. The molecule has 0 radical (unpaired) electrons. The molecule has 5 nitrogen and oxygen atoms in total. The van der Waals surface area contributed by atoms with Crippen molar-refractivity contribution in [3.63, 3.8) is 0 Å². The number of hydrogen-bond acceptors (Lipinski definition) is 4. The zero-order valence-electron chi connectivity index (χ0n) is 17.5. The smallest absolute Gasteiger partial charge is 0.123 e. The Balaban J connectivity index is 1.82. The van der Waals surface area contributed by atoms with Gasteiger partial charge in [-0.3, -0.25) is 0 Å². The van der Waals surface area contributed by atoms with Gasteiger partial charge in [-0.1, -0.05) is 41.9 Å². The van der Waals surface area contributed by atoms with E-state index in [0.29, 0.717) is 37.0 Å². The summed E-state index contributed by atoms with van der Waals surface area (Å²) in [5.74, 6) is -0.321. The first-order chi connectivity index (χ1) is 14.4. The minimum absolute atomic E-state index is 0.257. The van der Waals surface area contributed by atoms with Gasteiger partial charge in [-0.15, -0.1) is 0 Å². The number of benzene rings is 2. The molecule has 2 aromatic carbocycles. The summed E-state index contributed by atoms with van der Waals surface area (Å²) in [7, 11) is 0. The normalized spacial score (nSPS) is 10.9. The molecule has 3 rings (SSSR count). The van der Waals surface area contributed by atoms with Gasteiger partial charge in [0.05, 0.1) is 12.6 Å². The number of ether oxygens (including phenoxy) is 1. The first-order valence-electron chi connectivity index (χ1n) is 9.98. The van der Waals surface area contributed by atoms with Crippen molar-refractivity contribution in [3.8, 4) is 5.75 Å². The lowest BCUT2D eigenvalue weighted by atomic mass is 10.1. The maximum Gasteiger partial charge on any atom is 0.123 e. The van der Waals surface area contributed by atoms with Crippen LogP contribution < -0.4 is 15.2 Å². The number of aromatic nitrogens is 1. The summed E-state index contributed by atoms with van der Waals surface area (Å²) in [4.78, 5) is 11.9. The number of aromatic carboxylic acids is 1. The van der Waals surface area contributed by atoms with Gasteiger partial charge in [0, 0.05) is 47.2 Å². The van der Waals surface area contributed by atoms with Crippen molar-refractivity contribution in [3.05, 3.63) is 87.2 Å². The molecule has 0 aliphatic carbocycles. The summed E-state index contributed by atoms with van der Waals surface area (Å²) >= 11 is 5.98. The van der Waals surface area contributed by atoms with Gasteiger partial charge in [0.1, 0.15) is 5.75 Å². The quantitative estimate of drug-likeness (QED) is 0.565. The van der Waals surface area contributed by atoms with Crippen molar-refractivity contribution in [1.29, 1.82) is 0 Å². The molecule has 0 amide bonds. The van der Waals surface area contributed by atoms with E-state index in [-0.39, 0.29) is 5.56 Å². The summed E-state index contributed by atoms with van der Waals surface area (Å²) in [5, 5.41) is 15.9. The largest absolute Gasteiger partial charge is 0.545 e. The molecule has 0 saturated heterocycles. The fourth-order valence-electron chi connectivity index (χ4n) is 3.71. The number of carbonyl (C=O) groups excluding carboxylic acids is 1. The molecule has 0 spiro atoms. The molecular weight excluding hydrogens is 400 g/mol. The van der Waals surface area contributed by atoms with E-state index in [4.69, 9.17) is 16.3 Å².